The predicted octanol–water partition coefficient (Wildman–Crippen LogP) is 4.19. The number of carbonyl (C=O) groups excluding carboxylic acids is 2. The third-order valence-corrected chi connectivity index (χ3v) is 6.08. The van der Waals surface area contributed by atoms with Gasteiger partial charge in [0.2, 0.25) is 5.91 Å². The number of piperidine rings is 1. The molecule has 2 fully saturated rings. The molecule has 0 unspecified atom stereocenters. The lowest BCUT2D eigenvalue weighted by Crippen LogP contribution is -2.54. The van der Waals surface area contributed by atoms with Gasteiger partial charge in [-0.25, -0.2) is 4.79 Å². The standard InChI is InChI=1S/C21H23ClF3N3O4/c22-14-1-2-18-13(7-14)8-17(31-18)11-26-19(29)12-3-5-28(6-4-12)20(30)27-15-9-16(10-15)32-21(23,24)25/h1-2,7-8,12,15-16H,3-6,9-11H2,(H,26,29)(H,27,30)/t15-,16+. The number of benzene rings is 1. The van der Waals surface area contributed by atoms with Crippen LogP contribution in [0, 0.1) is 5.92 Å². The van der Waals surface area contributed by atoms with Crippen LogP contribution in [0.2, 0.25) is 5.02 Å². The molecular weight excluding hydrogens is 451 g/mol. The zero-order chi connectivity index (χ0) is 22.9. The summed E-state index contributed by atoms with van der Waals surface area (Å²) in [6, 6.07) is 6.49. The number of furan rings is 1. The second-order valence-corrected chi connectivity index (χ2v) is 8.61. The predicted molar refractivity (Wildman–Crippen MR) is 110 cm³/mol. The van der Waals surface area contributed by atoms with Gasteiger partial charge >= 0.3 is 12.4 Å². The summed E-state index contributed by atoms with van der Waals surface area (Å²) in [5.41, 5.74) is 0.695. The van der Waals surface area contributed by atoms with Gasteiger partial charge in [0.1, 0.15) is 11.3 Å². The summed E-state index contributed by atoms with van der Waals surface area (Å²) in [5.74, 6) is 0.307. The van der Waals surface area contributed by atoms with Crippen molar-refractivity contribution in [3.05, 3.63) is 35.0 Å². The fourth-order valence-electron chi connectivity index (χ4n) is 4.05. The number of amides is 3. The molecule has 2 heterocycles. The molecule has 2 N–H and O–H groups in total. The smallest absolute Gasteiger partial charge is 0.459 e. The molecule has 2 aromatic rings. The first kappa shape index (κ1) is 22.7. The molecule has 3 amide bonds. The molecule has 1 aromatic carbocycles. The number of ether oxygens (including phenoxy) is 1. The normalized spacial score (nSPS) is 21.9. The van der Waals surface area contributed by atoms with Gasteiger partial charge in [-0.15, -0.1) is 13.2 Å². The number of urea groups is 1. The van der Waals surface area contributed by atoms with Crippen LogP contribution in [0.1, 0.15) is 31.4 Å². The van der Waals surface area contributed by atoms with Crippen molar-refractivity contribution in [2.24, 2.45) is 5.92 Å². The van der Waals surface area contributed by atoms with Gasteiger partial charge in [0.05, 0.1) is 12.6 Å². The van der Waals surface area contributed by atoms with Gasteiger partial charge in [-0.1, -0.05) is 11.6 Å². The Kier molecular flexibility index (Phi) is 6.52. The highest BCUT2D eigenvalue weighted by atomic mass is 35.5. The molecule has 2 aliphatic rings. The van der Waals surface area contributed by atoms with Gasteiger partial charge in [-0.05, 0) is 49.9 Å². The average molecular weight is 474 g/mol. The van der Waals surface area contributed by atoms with Crippen molar-refractivity contribution in [2.75, 3.05) is 13.1 Å². The van der Waals surface area contributed by atoms with Gasteiger partial charge < -0.3 is 20.0 Å². The van der Waals surface area contributed by atoms with Gasteiger partial charge in [-0.2, -0.15) is 0 Å². The van der Waals surface area contributed by atoms with Gasteiger partial charge in [0.15, 0.2) is 0 Å². The molecule has 1 saturated heterocycles. The maximum Gasteiger partial charge on any atom is 0.522 e. The van der Waals surface area contributed by atoms with Crippen LogP contribution in [-0.4, -0.2) is 48.4 Å². The quantitative estimate of drug-likeness (QED) is 0.682. The van der Waals surface area contributed by atoms with E-state index >= 15 is 0 Å². The Bertz CT molecular complexity index is 982. The largest absolute Gasteiger partial charge is 0.522 e. The van der Waals surface area contributed by atoms with Gasteiger partial charge in [-0.3, -0.25) is 9.53 Å². The lowest BCUT2D eigenvalue weighted by Gasteiger charge is -2.38. The van der Waals surface area contributed by atoms with Crippen LogP contribution >= 0.6 is 11.6 Å². The fourth-order valence-corrected chi connectivity index (χ4v) is 4.23. The van der Waals surface area contributed by atoms with E-state index in [-0.39, 0.29) is 43.3 Å². The molecule has 7 nitrogen and oxygen atoms in total. The molecule has 1 aromatic heterocycles. The van der Waals surface area contributed by atoms with E-state index in [2.05, 4.69) is 15.4 Å². The Labute approximate surface area is 187 Å². The van der Waals surface area contributed by atoms with E-state index < -0.39 is 12.5 Å². The molecule has 174 valence electrons. The van der Waals surface area contributed by atoms with Crippen LogP contribution in [-0.2, 0) is 16.1 Å². The topological polar surface area (TPSA) is 83.8 Å². The fraction of sp³-hybridized carbons (Fsp3) is 0.524. The number of rotatable bonds is 5. The number of alkyl halides is 3. The number of nitrogens with zero attached hydrogens (tertiary/aromatic N) is 1. The first-order chi connectivity index (χ1) is 15.2. The highest BCUT2D eigenvalue weighted by Gasteiger charge is 2.41. The van der Waals surface area contributed by atoms with E-state index in [1.54, 1.807) is 23.1 Å². The summed E-state index contributed by atoms with van der Waals surface area (Å²) in [4.78, 5) is 26.4. The van der Waals surface area contributed by atoms with Crippen molar-refractivity contribution >= 4 is 34.5 Å². The minimum atomic E-state index is -4.65. The van der Waals surface area contributed by atoms with Crippen LogP contribution in [0.15, 0.2) is 28.7 Å². The number of hydrogen-bond acceptors (Lipinski definition) is 4. The monoisotopic (exact) mass is 473 g/mol. The summed E-state index contributed by atoms with van der Waals surface area (Å²) < 4.78 is 46.1. The first-order valence-corrected chi connectivity index (χ1v) is 10.8. The number of halogens is 4. The average Bonchev–Trinajstić information content (AvgIpc) is 3.11. The lowest BCUT2D eigenvalue weighted by molar-refractivity contribution is -0.351. The lowest BCUT2D eigenvalue weighted by atomic mass is 9.89. The number of fused-ring (bicyclic) bond motifs is 1. The van der Waals surface area contributed by atoms with Crippen molar-refractivity contribution in [3.63, 3.8) is 0 Å². The maximum absolute atomic E-state index is 12.5. The van der Waals surface area contributed by atoms with Crippen LogP contribution in [0.5, 0.6) is 0 Å². The number of nitrogens with one attached hydrogen (secondary N) is 2. The Morgan fingerprint density at radius 1 is 1.19 bits per heavy atom. The summed E-state index contributed by atoms with van der Waals surface area (Å²) in [6.45, 7) is 1.07. The van der Waals surface area contributed by atoms with Crippen LogP contribution in [0.3, 0.4) is 0 Å². The molecule has 1 saturated carbocycles. The van der Waals surface area contributed by atoms with Crippen molar-refractivity contribution in [3.8, 4) is 0 Å². The molecule has 1 aliphatic carbocycles. The molecule has 0 radical (unpaired) electrons. The number of likely N-dealkylation sites (tertiary alicyclic amines) is 1. The summed E-state index contributed by atoms with van der Waals surface area (Å²) in [5, 5.41) is 7.07. The SMILES string of the molecule is O=C(NCc1cc2cc(Cl)ccc2o1)C1CCN(C(=O)N[C@H]2C[C@@H](OC(F)(F)F)C2)CC1. The van der Waals surface area contributed by atoms with Crippen molar-refractivity contribution in [2.45, 2.75) is 50.7 Å². The third-order valence-electron chi connectivity index (χ3n) is 5.84. The molecule has 0 atom stereocenters. The van der Waals surface area contributed by atoms with E-state index in [1.165, 1.54) is 0 Å². The van der Waals surface area contributed by atoms with Crippen molar-refractivity contribution in [1.82, 2.24) is 15.5 Å². The van der Waals surface area contributed by atoms with Crippen molar-refractivity contribution in [1.29, 1.82) is 0 Å². The van der Waals surface area contributed by atoms with Crippen LogP contribution in [0.25, 0.3) is 11.0 Å². The zero-order valence-corrected chi connectivity index (χ0v) is 17.8. The Morgan fingerprint density at radius 3 is 2.59 bits per heavy atom. The maximum atomic E-state index is 12.5. The molecular formula is C21H23ClF3N3O4. The van der Waals surface area contributed by atoms with E-state index in [0.717, 1.165) is 5.39 Å². The van der Waals surface area contributed by atoms with Crippen molar-refractivity contribution < 1.29 is 31.9 Å². The van der Waals surface area contributed by atoms with Gasteiger partial charge in [0, 0.05) is 35.5 Å². The molecule has 32 heavy (non-hydrogen) atoms. The minimum Gasteiger partial charge on any atom is -0.459 e. The molecule has 0 bridgehead atoms. The first-order valence-electron chi connectivity index (χ1n) is 10.4. The Balaban J connectivity index is 1.17. The Hall–Kier alpha value is -2.46. The molecule has 0 spiro atoms. The molecule has 4 rings (SSSR count). The third kappa shape index (κ3) is 5.66. The molecule has 11 heteroatoms. The molecule has 1 aliphatic heterocycles. The summed E-state index contributed by atoms with van der Waals surface area (Å²) >= 11 is 5.97. The Morgan fingerprint density at radius 2 is 1.91 bits per heavy atom. The highest BCUT2D eigenvalue weighted by Crippen LogP contribution is 2.30. The summed E-state index contributed by atoms with van der Waals surface area (Å²) in [7, 11) is 0. The van der Waals surface area contributed by atoms with Crippen LogP contribution < -0.4 is 10.6 Å². The van der Waals surface area contributed by atoms with E-state index in [0.29, 0.717) is 42.3 Å². The number of carbonyl (C=O) groups is 2. The second-order valence-electron chi connectivity index (χ2n) is 8.18. The summed E-state index contributed by atoms with van der Waals surface area (Å²) in [6.07, 6.45) is -4.26. The zero-order valence-electron chi connectivity index (χ0n) is 17.1. The van der Waals surface area contributed by atoms with E-state index in [4.69, 9.17) is 16.0 Å². The second kappa shape index (κ2) is 9.19. The highest BCUT2D eigenvalue weighted by molar-refractivity contribution is 6.31. The minimum absolute atomic E-state index is 0.102. The van der Waals surface area contributed by atoms with E-state index in [1.807, 2.05) is 6.07 Å². The number of hydrogen-bond donors (Lipinski definition) is 2. The van der Waals surface area contributed by atoms with Gasteiger partial charge in [0.25, 0.3) is 0 Å². The van der Waals surface area contributed by atoms with Crippen LogP contribution in [0.4, 0.5) is 18.0 Å². The van der Waals surface area contributed by atoms with E-state index in [9.17, 15) is 22.8 Å².